The lowest BCUT2D eigenvalue weighted by atomic mass is 10.0. The highest BCUT2D eigenvalue weighted by atomic mass is 16.3. The van der Waals surface area contributed by atoms with Crippen molar-refractivity contribution in [1.82, 2.24) is 4.98 Å². The quantitative estimate of drug-likeness (QED) is 0.727. The van der Waals surface area contributed by atoms with Crippen LogP contribution in [-0.2, 0) is 11.2 Å². The second-order valence-electron chi connectivity index (χ2n) is 5.32. The number of phenols is 1. The number of rotatable bonds is 4. The molecule has 0 aliphatic carbocycles. The summed E-state index contributed by atoms with van der Waals surface area (Å²) in [5, 5.41) is 11.6. The number of carbonyl (C=O) groups excluding carboxylic acids is 1. The van der Waals surface area contributed by atoms with Gasteiger partial charge in [0.25, 0.3) is 0 Å². The van der Waals surface area contributed by atoms with Crippen LogP contribution in [0.25, 0.3) is 16.8 Å². The fourth-order valence-corrected chi connectivity index (χ4v) is 2.49. The summed E-state index contributed by atoms with van der Waals surface area (Å²) in [5.41, 5.74) is 8.08. The average Bonchev–Trinajstić information content (AvgIpc) is 2.54. The number of primary amides is 1. The Labute approximate surface area is 133 Å². The molecule has 0 saturated carbocycles. The fourth-order valence-electron chi connectivity index (χ4n) is 2.49. The van der Waals surface area contributed by atoms with Gasteiger partial charge in [-0.1, -0.05) is 24.3 Å². The van der Waals surface area contributed by atoms with Crippen LogP contribution < -0.4 is 5.73 Å². The molecule has 3 aromatic rings. The van der Waals surface area contributed by atoms with Crippen LogP contribution in [0, 0.1) is 0 Å². The minimum Gasteiger partial charge on any atom is -0.508 e. The zero-order valence-electron chi connectivity index (χ0n) is 12.4. The largest absolute Gasteiger partial charge is 0.508 e. The summed E-state index contributed by atoms with van der Waals surface area (Å²) in [4.78, 5) is 15.2. The van der Waals surface area contributed by atoms with E-state index in [9.17, 15) is 9.90 Å². The van der Waals surface area contributed by atoms with E-state index in [1.54, 1.807) is 24.4 Å². The average molecular weight is 304 g/mol. The molecule has 2 aromatic carbocycles. The first-order valence-electron chi connectivity index (χ1n) is 7.25. The molecule has 0 radical (unpaired) electrons. The third-order valence-corrected chi connectivity index (χ3v) is 3.62. The maximum atomic E-state index is 10.7. The van der Waals surface area contributed by atoms with Crippen LogP contribution >= 0.6 is 0 Å². The van der Waals surface area contributed by atoms with E-state index in [4.69, 9.17) is 5.73 Å². The molecule has 0 saturated heterocycles. The van der Waals surface area contributed by atoms with Crippen molar-refractivity contribution < 1.29 is 9.90 Å². The third kappa shape index (κ3) is 3.55. The molecule has 0 bridgehead atoms. The highest BCUT2D eigenvalue weighted by Crippen LogP contribution is 2.23. The predicted octanol–water partition coefficient (Wildman–Crippen LogP) is 3.03. The van der Waals surface area contributed by atoms with Crippen molar-refractivity contribution in [2.45, 2.75) is 6.42 Å². The van der Waals surface area contributed by atoms with Gasteiger partial charge in [-0.25, -0.2) is 0 Å². The van der Waals surface area contributed by atoms with E-state index >= 15 is 0 Å². The van der Waals surface area contributed by atoms with Crippen LogP contribution in [0.15, 0.2) is 60.8 Å². The van der Waals surface area contributed by atoms with Gasteiger partial charge in [0, 0.05) is 24.1 Å². The molecular formula is C19H16N2O2. The van der Waals surface area contributed by atoms with Crippen molar-refractivity contribution in [3.63, 3.8) is 0 Å². The third-order valence-electron chi connectivity index (χ3n) is 3.62. The Hall–Kier alpha value is -3.14. The molecule has 1 aromatic heterocycles. The number of benzene rings is 2. The number of amides is 1. The first-order valence-corrected chi connectivity index (χ1v) is 7.25. The number of fused-ring (bicyclic) bond motifs is 1. The van der Waals surface area contributed by atoms with E-state index in [1.807, 2.05) is 36.4 Å². The number of nitrogens with zero attached hydrogens (tertiary/aromatic N) is 1. The Morgan fingerprint density at radius 1 is 1.13 bits per heavy atom. The smallest absolute Gasteiger partial charge is 0.241 e. The zero-order chi connectivity index (χ0) is 16.2. The van der Waals surface area contributed by atoms with E-state index in [0.29, 0.717) is 6.42 Å². The highest BCUT2D eigenvalue weighted by molar-refractivity contribution is 5.90. The molecule has 0 spiro atoms. The van der Waals surface area contributed by atoms with E-state index in [2.05, 4.69) is 4.98 Å². The topological polar surface area (TPSA) is 76.2 Å². The molecule has 0 aliphatic heterocycles. The van der Waals surface area contributed by atoms with Gasteiger partial charge in [0.15, 0.2) is 0 Å². The molecular weight excluding hydrogens is 288 g/mol. The van der Waals surface area contributed by atoms with E-state index in [0.717, 1.165) is 27.6 Å². The van der Waals surface area contributed by atoms with Crippen molar-refractivity contribution in [2.75, 3.05) is 0 Å². The van der Waals surface area contributed by atoms with Gasteiger partial charge in [0.2, 0.25) is 5.91 Å². The predicted molar refractivity (Wildman–Crippen MR) is 90.9 cm³/mol. The van der Waals surface area contributed by atoms with Crippen molar-refractivity contribution in [3.8, 4) is 5.75 Å². The molecule has 4 heteroatoms. The molecule has 3 rings (SSSR count). The van der Waals surface area contributed by atoms with Crippen molar-refractivity contribution in [1.29, 1.82) is 0 Å². The van der Waals surface area contributed by atoms with Gasteiger partial charge in [0.05, 0.1) is 5.69 Å². The summed E-state index contributed by atoms with van der Waals surface area (Å²) < 4.78 is 0. The second kappa shape index (κ2) is 6.32. The molecule has 3 N–H and O–H groups in total. The van der Waals surface area contributed by atoms with Gasteiger partial charge in [-0.3, -0.25) is 9.78 Å². The number of hydrogen-bond acceptors (Lipinski definition) is 3. The maximum Gasteiger partial charge on any atom is 0.241 e. The van der Waals surface area contributed by atoms with Crippen molar-refractivity contribution in [2.24, 2.45) is 5.73 Å². The summed E-state index contributed by atoms with van der Waals surface area (Å²) in [5.74, 6) is -0.211. The standard InChI is InChI=1S/C19H16N2O2/c20-19(23)8-5-13-1-3-14(4-2-13)11-18-17-7-6-16(22)12-15(17)9-10-21-18/h1-10,12,22H,11H2,(H2,20,23)/b8-5+. The first-order chi connectivity index (χ1) is 11.1. The van der Waals surface area contributed by atoms with Crippen LogP contribution in [0.2, 0.25) is 0 Å². The fraction of sp³-hybridized carbons (Fsp3) is 0.0526. The summed E-state index contributed by atoms with van der Waals surface area (Å²) in [6.07, 6.45) is 5.47. The summed E-state index contributed by atoms with van der Waals surface area (Å²) in [6.45, 7) is 0. The van der Waals surface area contributed by atoms with Crippen molar-refractivity contribution in [3.05, 3.63) is 77.6 Å². The minimum absolute atomic E-state index is 0.250. The number of hydrogen-bond donors (Lipinski definition) is 2. The van der Waals surface area contributed by atoms with Crippen LogP contribution in [0.4, 0.5) is 0 Å². The minimum atomic E-state index is -0.461. The normalized spacial score (nSPS) is 11.1. The van der Waals surface area contributed by atoms with E-state index < -0.39 is 5.91 Å². The number of pyridine rings is 1. The molecule has 0 fully saturated rings. The monoisotopic (exact) mass is 304 g/mol. The lowest BCUT2D eigenvalue weighted by Gasteiger charge is -2.07. The van der Waals surface area contributed by atoms with Gasteiger partial charge in [-0.2, -0.15) is 0 Å². The summed E-state index contributed by atoms with van der Waals surface area (Å²) in [7, 11) is 0. The molecule has 23 heavy (non-hydrogen) atoms. The Morgan fingerprint density at radius 3 is 2.65 bits per heavy atom. The first kappa shape index (κ1) is 14.8. The van der Waals surface area contributed by atoms with E-state index in [-0.39, 0.29) is 5.75 Å². The van der Waals surface area contributed by atoms with E-state index in [1.165, 1.54) is 6.08 Å². The number of carbonyl (C=O) groups is 1. The Kier molecular flexibility index (Phi) is 4.06. The molecule has 114 valence electrons. The second-order valence-corrected chi connectivity index (χ2v) is 5.32. The van der Waals surface area contributed by atoms with Crippen LogP contribution in [0.3, 0.4) is 0 Å². The number of nitrogens with two attached hydrogens (primary N) is 1. The van der Waals surface area contributed by atoms with Crippen LogP contribution in [-0.4, -0.2) is 16.0 Å². The maximum absolute atomic E-state index is 10.7. The summed E-state index contributed by atoms with van der Waals surface area (Å²) in [6, 6.07) is 15.1. The molecule has 0 atom stereocenters. The molecule has 1 amide bonds. The molecule has 0 aliphatic rings. The Bertz CT molecular complexity index is 884. The van der Waals surface area contributed by atoms with Crippen LogP contribution in [0.1, 0.15) is 16.8 Å². The van der Waals surface area contributed by atoms with Gasteiger partial charge < -0.3 is 10.8 Å². The van der Waals surface area contributed by atoms with Gasteiger partial charge >= 0.3 is 0 Å². The van der Waals surface area contributed by atoms with Gasteiger partial charge in [-0.05, 0) is 46.9 Å². The number of aromatic nitrogens is 1. The molecule has 4 nitrogen and oxygen atoms in total. The van der Waals surface area contributed by atoms with Gasteiger partial charge in [-0.15, -0.1) is 0 Å². The SMILES string of the molecule is NC(=O)/C=C/c1ccc(Cc2nccc3cc(O)ccc23)cc1. The van der Waals surface area contributed by atoms with Gasteiger partial charge in [0.1, 0.15) is 5.75 Å². The highest BCUT2D eigenvalue weighted by Gasteiger charge is 2.04. The Morgan fingerprint density at radius 2 is 1.91 bits per heavy atom. The molecule has 1 heterocycles. The molecule has 0 unspecified atom stereocenters. The number of aromatic hydroxyl groups is 1. The van der Waals surface area contributed by atoms with Crippen molar-refractivity contribution >= 4 is 22.8 Å². The summed E-state index contributed by atoms with van der Waals surface area (Å²) >= 11 is 0. The zero-order valence-corrected chi connectivity index (χ0v) is 12.4. The lowest BCUT2D eigenvalue weighted by Crippen LogP contribution is -2.05. The van der Waals surface area contributed by atoms with Crippen LogP contribution in [0.5, 0.6) is 5.75 Å². The Balaban J connectivity index is 1.86. The number of phenolic OH excluding ortho intramolecular Hbond substituents is 1. The lowest BCUT2D eigenvalue weighted by molar-refractivity contribution is -0.113.